The molecule has 0 amide bonds. The summed E-state index contributed by atoms with van der Waals surface area (Å²) in [5.41, 5.74) is 1.94. The van der Waals surface area contributed by atoms with Gasteiger partial charge in [-0.1, -0.05) is 62.7 Å². The molecule has 1 nitrogen and oxygen atoms in total. The quantitative estimate of drug-likeness (QED) is 0.545. The van der Waals surface area contributed by atoms with Crippen LogP contribution in [0, 0.1) is 23.7 Å². The third-order valence-electron chi connectivity index (χ3n) is 4.91. The van der Waals surface area contributed by atoms with Crippen LogP contribution in [0.5, 0.6) is 0 Å². The summed E-state index contributed by atoms with van der Waals surface area (Å²) >= 11 is 0. The van der Waals surface area contributed by atoms with E-state index in [4.69, 9.17) is 5.11 Å². The van der Waals surface area contributed by atoms with Crippen molar-refractivity contribution >= 4 is 0 Å². The van der Waals surface area contributed by atoms with Crippen molar-refractivity contribution in [2.24, 2.45) is 11.8 Å². The molecular weight excluding hydrogens is 280 g/mol. The molecule has 0 aromatic heterocycles. The third-order valence-corrected chi connectivity index (χ3v) is 4.91. The molecule has 1 aromatic carbocycles. The highest BCUT2D eigenvalue weighted by Crippen LogP contribution is 2.32. The third kappa shape index (κ3) is 6.63. The minimum atomic E-state index is 0.0920. The number of allylic oxidation sites excluding steroid dienone is 2. The molecule has 23 heavy (non-hydrogen) atoms. The van der Waals surface area contributed by atoms with Crippen molar-refractivity contribution in [1.82, 2.24) is 0 Å². The molecule has 0 saturated heterocycles. The first kappa shape index (κ1) is 17.8. The summed E-state index contributed by atoms with van der Waals surface area (Å²) in [5.74, 6) is 8.01. The lowest BCUT2D eigenvalue weighted by Crippen LogP contribution is -2.12. The van der Waals surface area contributed by atoms with Crippen LogP contribution in [-0.2, 0) is 6.61 Å². The van der Waals surface area contributed by atoms with Crippen LogP contribution in [0.25, 0.3) is 0 Å². The highest BCUT2D eigenvalue weighted by molar-refractivity contribution is 5.38. The summed E-state index contributed by atoms with van der Waals surface area (Å²) in [5, 5.41) is 9.02. The van der Waals surface area contributed by atoms with E-state index in [0.29, 0.717) is 0 Å². The summed E-state index contributed by atoms with van der Waals surface area (Å²) < 4.78 is 0. The number of aliphatic hydroxyl groups is 1. The molecule has 0 radical (unpaired) electrons. The number of aliphatic hydroxyl groups excluding tert-OH is 1. The molecule has 1 aliphatic carbocycles. The van der Waals surface area contributed by atoms with Gasteiger partial charge in [-0.2, -0.15) is 0 Å². The number of hydrogen-bond acceptors (Lipinski definition) is 1. The van der Waals surface area contributed by atoms with Crippen LogP contribution in [0.3, 0.4) is 0 Å². The van der Waals surface area contributed by atoms with E-state index in [2.05, 4.69) is 24.8 Å². The first-order chi connectivity index (χ1) is 11.3. The monoisotopic (exact) mass is 310 g/mol. The topological polar surface area (TPSA) is 20.2 Å². The number of unbranched alkanes of at least 4 members (excludes halogenated alkanes) is 2. The minimum Gasteiger partial charge on any atom is -0.392 e. The van der Waals surface area contributed by atoms with Crippen molar-refractivity contribution in [2.45, 2.75) is 64.9 Å². The fourth-order valence-corrected chi connectivity index (χ4v) is 3.36. The molecule has 1 aliphatic rings. The molecule has 124 valence electrons. The van der Waals surface area contributed by atoms with Crippen molar-refractivity contribution in [1.29, 1.82) is 0 Å². The average Bonchev–Trinajstić information content (AvgIpc) is 2.61. The molecule has 1 N–H and O–H groups in total. The smallest absolute Gasteiger partial charge is 0.0681 e. The maximum atomic E-state index is 9.02. The maximum absolute atomic E-state index is 9.02. The zero-order valence-electron chi connectivity index (χ0n) is 14.4. The second-order valence-electron chi connectivity index (χ2n) is 6.76. The summed E-state index contributed by atoms with van der Waals surface area (Å²) in [4.78, 5) is 0. The second kappa shape index (κ2) is 10.3. The summed E-state index contributed by atoms with van der Waals surface area (Å²) in [7, 11) is 0. The Morgan fingerprint density at radius 3 is 2.48 bits per heavy atom. The molecule has 1 fully saturated rings. The largest absolute Gasteiger partial charge is 0.392 e. The average molecular weight is 310 g/mol. The maximum Gasteiger partial charge on any atom is 0.0681 e. The van der Waals surface area contributed by atoms with Gasteiger partial charge >= 0.3 is 0 Å². The zero-order valence-corrected chi connectivity index (χ0v) is 14.4. The van der Waals surface area contributed by atoms with Crippen LogP contribution >= 0.6 is 0 Å². The van der Waals surface area contributed by atoms with Crippen LogP contribution < -0.4 is 0 Å². The predicted octanol–water partition coefficient (Wildman–Crippen LogP) is 5.47. The van der Waals surface area contributed by atoms with Gasteiger partial charge in [0.25, 0.3) is 0 Å². The van der Waals surface area contributed by atoms with Gasteiger partial charge in [-0.15, -0.1) is 0 Å². The number of benzene rings is 1. The first-order valence-electron chi connectivity index (χ1n) is 9.19. The summed E-state index contributed by atoms with van der Waals surface area (Å²) in [6.07, 6.45) is 15.4. The van der Waals surface area contributed by atoms with Gasteiger partial charge in [-0.05, 0) is 61.3 Å². The molecule has 1 heteroatoms. The van der Waals surface area contributed by atoms with E-state index in [1.165, 1.54) is 51.4 Å². The van der Waals surface area contributed by atoms with Gasteiger partial charge in [-0.25, -0.2) is 0 Å². The number of rotatable bonds is 6. The molecule has 0 spiro atoms. The molecule has 0 bridgehead atoms. The van der Waals surface area contributed by atoms with E-state index in [9.17, 15) is 0 Å². The van der Waals surface area contributed by atoms with E-state index >= 15 is 0 Å². The number of hydrogen-bond donors (Lipinski definition) is 1. The molecule has 2 rings (SSSR count). The van der Waals surface area contributed by atoms with E-state index in [1.54, 1.807) is 0 Å². The fourth-order valence-electron chi connectivity index (χ4n) is 3.36. The van der Waals surface area contributed by atoms with Gasteiger partial charge in [0.2, 0.25) is 0 Å². The molecule has 1 aromatic rings. The van der Waals surface area contributed by atoms with Crippen LogP contribution in [0.1, 0.15) is 69.4 Å². The Morgan fingerprint density at radius 1 is 1.09 bits per heavy atom. The molecule has 0 unspecified atom stereocenters. The second-order valence-corrected chi connectivity index (χ2v) is 6.76. The van der Waals surface area contributed by atoms with Gasteiger partial charge in [-0.3, -0.25) is 0 Å². The van der Waals surface area contributed by atoms with Crippen molar-refractivity contribution in [3.63, 3.8) is 0 Å². The van der Waals surface area contributed by atoms with Gasteiger partial charge in [0, 0.05) is 5.56 Å². The zero-order chi connectivity index (χ0) is 16.3. The van der Waals surface area contributed by atoms with Gasteiger partial charge < -0.3 is 5.11 Å². The van der Waals surface area contributed by atoms with E-state index in [0.717, 1.165) is 23.0 Å². The van der Waals surface area contributed by atoms with Crippen LogP contribution in [0.2, 0.25) is 0 Å². The lowest BCUT2D eigenvalue weighted by molar-refractivity contribution is 0.282. The Morgan fingerprint density at radius 2 is 1.83 bits per heavy atom. The van der Waals surface area contributed by atoms with Crippen molar-refractivity contribution in [2.75, 3.05) is 0 Å². The van der Waals surface area contributed by atoms with Crippen LogP contribution in [0.4, 0.5) is 0 Å². The van der Waals surface area contributed by atoms with E-state index in [1.807, 2.05) is 30.3 Å². The van der Waals surface area contributed by atoms with Crippen molar-refractivity contribution in [3.05, 3.63) is 47.5 Å². The molecule has 0 aliphatic heterocycles. The lowest BCUT2D eigenvalue weighted by atomic mass is 9.79. The Bertz CT molecular complexity index is 521. The molecule has 1 saturated carbocycles. The minimum absolute atomic E-state index is 0.0920. The Hall–Kier alpha value is -1.52. The van der Waals surface area contributed by atoms with Gasteiger partial charge in [0.05, 0.1) is 6.61 Å². The van der Waals surface area contributed by atoms with Crippen LogP contribution in [-0.4, -0.2) is 5.11 Å². The van der Waals surface area contributed by atoms with Crippen molar-refractivity contribution < 1.29 is 5.11 Å². The Balaban J connectivity index is 1.71. The van der Waals surface area contributed by atoms with Gasteiger partial charge in [0.15, 0.2) is 0 Å². The first-order valence-corrected chi connectivity index (χ1v) is 9.19. The molecular formula is C22H30O. The Labute approximate surface area is 141 Å². The van der Waals surface area contributed by atoms with Gasteiger partial charge in [0.1, 0.15) is 0 Å². The normalized spacial score (nSPS) is 21.1. The Kier molecular flexibility index (Phi) is 7.98. The van der Waals surface area contributed by atoms with E-state index < -0.39 is 0 Å². The lowest BCUT2D eigenvalue weighted by Gasteiger charge is -2.26. The highest BCUT2D eigenvalue weighted by Gasteiger charge is 2.18. The summed E-state index contributed by atoms with van der Waals surface area (Å²) in [6, 6.07) is 7.78. The van der Waals surface area contributed by atoms with Crippen LogP contribution in [0.15, 0.2) is 36.4 Å². The standard InChI is InChI=1S/C22H30O/c1-2-3-4-7-19-10-12-20(13-11-19)8-5-6-9-21-14-16-22(18-23)17-15-21/h5,8,14-17,19-20,23H,2-4,7,10-13,18H2,1H3. The highest BCUT2D eigenvalue weighted by atomic mass is 16.3. The SMILES string of the molecule is CCCCCC1CCC(C=CC#Cc2ccc(CO)cc2)CC1. The fraction of sp³-hybridized carbons (Fsp3) is 0.545. The van der Waals surface area contributed by atoms with Crippen molar-refractivity contribution in [3.8, 4) is 11.8 Å². The van der Waals surface area contributed by atoms with E-state index in [-0.39, 0.29) is 6.61 Å². The molecule has 0 atom stereocenters. The predicted molar refractivity (Wildman–Crippen MR) is 98.0 cm³/mol. The molecule has 0 heterocycles. The summed E-state index contributed by atoms with van der Waals surface area (Å²) in [6.45, 7) is 2.37.